The molecule has 0 saturated carbocycles. The van der Waals surface area contributed by atoms with E-state index in [1.807, 2.05) is 18.2 Å². The van der Waals surface area contributed by atoms with E-state index in [9.17, 15) is 0 Å². The van der Waals surface area contributed by atoms with Gasteiger partial charge in [-0.25, -0.2) is 0 Å². The molecule has 0 saturated heterocycles. The third-order valence-corrected chi connectivity index (χ3v) is 1.11. The van der Waals surface area contributed by atoms with Crippen LogP contribution in [0.1, 0.15) is 5.69 Å². The fourth-order valence-corrected chi connectivity index (χ4v) is 0.653. The molecule has 3 nitrogen and oxygen atoms in total. The molecule has 0 aromatic carbocycles. The van der Waals surface area contributed by atoms with Crippen LogP contribution in [0.25, 0.3) is 0 Å². The van der Waals surface area contributed by atoms with Crippen molar-refractivity contribution in [3.8, 4) is 0 Å². The van der Waals surface area contributed by atoms with Crippen molar-refractivity contribution in [1.82, 2.24) is 4.98 Å². The maximum atomic E-state index is 8.07. The quantitative estimate of drug-likeness (QED) is 0.375. The van der Waals surface area contributed by atoms with Crippen LogP contribution in [0.3, 0.4) is 0 Å². The van der Waals surface area contributed by atoms with E-state index in [-0.39, 0.29) is 0 Å². The third-order valence-electron chi connectivity index (χ3n) is 1.11. The number of hydrogen-bond donors (Lipinski definition) is 1. The van der Waals surface area contributed by atoms with Crippen LogP contribution in [0, 0.1) is 0 Å². The molecular formula is C7H8N2O. The van der Waals surface area contributed by atoms with Crippen LogP contribution in [0.15, 0.2) is 29.6 Å². The van der Waals surface area contributed by atoms with Crippen molar-refractivity contribution in [2.24, 2.45) is 5.16 Å². The highest BCUT2D eigenvalue weighted by molar-refractivity contribution is 5.59. The number of oxime groups is 1. The zero-order chi connectivity index (χ0) is 7.23. The third kappa shape index (κ3) is 1.85. The smallest absolute Gasteiger partial charge is 0.0495 e. The lowest BCUT2D eigenvalue weighted by Gasteiger charge is -1.89. The minimum Gasteiger partial charge on any atom is -0.411 e. The van der Waals surface area contributed by atoms with Gasteiger partial charge in [0.05, 0.1) is 0 Å². The molecule has 0 unspecified atom stereocenters. The molecule has 10 heavy (non-hydrogen) atoms. The minimum absolute atomic E-state index is 0.581. The molecule has 0 aliphatic heterocycles. The second-order valence-corrected chi connectivity index (χ2v) is 1.82. The summed E-state index contributed by atoms with van der Waals surface area (Å²) < 4.78 is 0. The van der Waals surface area contributed by atoms with Gasteiger partial charge in [0.1, 0.15) is 0 Å². The summed E-state index contributed by atoms with van der Waals surface area (Å²) in [7, 11) is 0. The summed E-state index contributed by atoms with van der Waals surface area (Å²) in [6.07, 6.45) is 3.69. The second kappa shape index (κ2) is 3.61. The van der Waals surface area contributed by atoms with E-state index in [2.05, 4.69) is 10.1 Å². The molecule has 1 aromatic rings. The summed E-state index contributed by atoms with van der Waals surface area (Å²) in [5, 5.41) is 10.9. The maximum Gasteiger partial charge on any atom is 0.0495 e. The van der Waals surface area contributed by atoms with Crippen LogP contribution in [-0.2, 0) is 6.42 Å². The summed E-state index contributed by atoms with van der Waals surface area (Å²) in [5.74, 6) is 0. The lowest BCUT2D eigenvalue weighted by molar-refractivity contribution is 0.320. The van der Waals surface area contributed by atoms with Gasteiger partial charge in [-0.3, -0.25) is 4.98 Å². The van der Waals surface area contributed by atoms with Gasteiger partial charge < -0.3 is 5.21 Å². The van der Waals surface area contributed by atoms with E-state index in [0.717, 1.165) is 5.69 Å². The highest BCUT2D eigenvalue weighted by atomic mass is 16.4. The van der Waals surface area contributed by atoms with Crippen LogP contribution in [0.2, 0.25) is 0 Å². The molecule has 3 heteroatoms. The summed E-state index contributed by atoms with van der Waals surface area (Å²) in [5.41, 5.74) is 0.903. The number of rotatable bonds is 2. The van der Waals surface area contributed by atoms with Crippen molar-refractivity contribution in [2.45, 2.75) is 6.42 Å². The Labute approximate surface area is 59.0 Å². The van der Waals surface area contributed by atoms with E-state index >= 15 is 0 Å². The Bertz CT molecular complexity index is 208. The Kier molecular flexibility index (Phi) is 2.43. The predicted molar refractivity (Wildman–Crippen MR) is 38.2 cm³/mol. The van der Waals surface area contributed by atoms with E-state index < -0.39 is 0 Å². The van der Waals surface area contributed by atoms with Gasteiger partial charge in [-0.15, -0.1) is 5.16 Å². The largest absolute Gasteiger partial charge is 0.411 e. The molecule has 0 amide bonds. The van der Waals surface area contributed by atoms with Gasteiger partial charge in [-0.05, 0) is 12.1 Å². The number of nitrogens with zero attached hydrogens (tertiary/aromatic N) is 2. The Morgan fingerprint density at radius 1 is 1.60 bits per heavy atom. The standard InChI is InChI=1S/C7H8N2O/c10-9-6-4-7-3-1-2-5-8-7/h1-3,5-6,10H,4H2. The van der Waals surface area contributed by atoms with Crippen molar-refractivity contribution < 1.29 is 5.21 Å². The molecule has 1 aromatic heterocycles. The van der Waals surface area contributed by atoms with Gasteiger partial charge in [-0.1, -0.05) is 6.07 Å². The number of hydrogen-bond acceptors (Lipinski definition) is 3. The van der Waals surface area contributed by atoms with Gasteiger partial charge in [0.25, 0.3) is 0 Å². The molecule has 0 aliphatic rings. The lowest BCUT2D eigenvalue weighted by atomic mass is 10.3. The fraction of sp³-hybridized carbons (Fsp3) is 0.143. The van der Waals surface area contributed by atoms with Crippen LogP contribution < -0.4 is 0 Å². The van der Waals surface area contributed by atoms with Gasteiger partial charge in [0.2, 0.25) is 0 Å². The first-order valence-electron chi connectivity index (χ1n) is 2.99. The van der Waals surface area contributed by atoms with E-state index in [1.54, 1.807) is 6.20 Å². The normalized spacial score (nSPS) is 10.4. The number of pyridine rings is 1. The van der Waals surface area contributed by atoms with Gasteiger partial charge in [-0.2, -0.15) is 0 Å². The van der Waals surface area contributed by atoms with Crippen LogP contribution in [0.4, 0.5) is 0 Å². The Morgan fingerprint density at radius 2 is 2.50 bits per heavy atom. The van der Waals surface area contributed by atoms with Crippen molar-refractivity contribution >= 4 is 6.21 Å². The van der Waals surface area contributed by atoms with E-state index in [4.69, 9.17) is 5.21 Å². The first-order valence-corrected chi connectivity index (χ1v) is 2.99. The Hall–Kier alpha value is -1.38. The van der Waals surface area contributed by atoms with Crippen LogP contribution in [0.5, 0.6) is 0 Å². The van der Waals surface area contributed by atoms with Crippen molar-refractivity contribution in [3.63, 3.8) is 0 Å². The van der Waals surface area contributed by atoms with Crippen LogP contribution >= 0.6 is 0 Å². The number of aromatic nitrogens is 1. The van der Waals surface area contributed by atoms with Crippen molar-refractivity contribution in [1.29, 1.82) is 0 Å². The predicted octanol–water partition coefficient (Wildman–Crippen LogP) is 1.08. The maximum absolute atomic E-state index is 8.07. The molecule has 0 fully saturated rings. The highest BCUT2D eigenvalue weighted by Crippen LogP contribution is 1.91. The van der Waals surface area contributed by atoms with Gasteiger partial charge >= 0.3 is 0 Å². The van der Waals surface area contributed by atoms with Crippen LogP contribution in [-0.4, -0.2) is 16.4 Å². The first kappa shape index (κ1) is 6.74. The van der Waals surface area contributed by atoms with E-state index in [0.29, 0.717) is 6.42 Å². The molecule has 1 rings (SSSR count). The summed E-state index contributed by atoms with van der Waals surface area (Å²) in [6.45, 7) is 0. The Balaban J connectivity index is 2.59. The molecule has 0 atom stereocenters. The molecule has 0 radical (unpaired) electrons. The van der Waals surface area contributed by atoms with Gasteiger partial charge in [0, 0.05) is 24.5 Å². The molecule has 52 valence electrons. The first-order chi connectivity index (χ1) is 4.93. The second-order valence-electron chi connectivity index (χ2n) is 1.82. The highest BCUT2D eigenvalue weighted by Gasteiger charge is 1.86. The molecule has 0 spiro atoms. The molecule has 1 N–H and O–H groups in total. The molecule has 0 bridgehead atoms. The monoisotopic (exact) mass is 136 g/mol. The summed E-state index contributed by atoms with van der Waals surface area (Å²) in [6, 6.07) is 5.62. The lowest BCUT2D eigenvalue weighted by Crippen LogP contribution is -1.88. The zero-order valence-electron chi connectivity index (χ0n) is 5.44. The van der Waals surface area contributed by atoms with Crippen molar-refractivity contribution in [3.05, 3.63) is 30.1 Å². The van der Waals surface area contributed by atoms with E-state index in [1.165, 1.54) is 6.21 Å². The average Bonchev–Trinajstić information content (AvgIpc) is 2.03. The van der Waals surface area contributed by atoms with Crippen molar-refractivity contribution in [2.75, 3.05) is 0 Å². The molecular weight excluding hydrogens is 128 g/mol. The molecule has 1 heterocycles. The molecule has 0 aliphatic carbocycles. The average molecular weight is 136 g/mol. The summed E-state index contributed by atoms with van der Waals surface area (Å²) >= 11 is 0. The SMILES string of the molecule is ON=CCc1ccccn1. The minimum atomic E-state index is 0.581. The Morgan fingerprint density at radius 3 is 3.10 bits per heavy atom. The summed E-state index contributed by atoms with van der Waals surface area (Å²) in [4.78, 5) is 4.01. The topological polar surface area (TPSA) is 45.5 Å². The fourth-order valence-electron chi connectivity index (χ4n) is 0.653. The van der Waals surface area contributed by atoms with Gasteiger partial charge in [0.15, 0.2) is 0 Å². The zero-order valence-corrected chi connectivity index (χ0v) is 5.44.